The topological polar surface area (TPSA) is 65.1 Å². The second-order valence-electron chi connectivity index (χ2n) is 10.1. The Morgan fingerprint density at radius 2 is 1.68 bits per heavy atom. The molecule has 1 N–H and O–H groups in total. The first-order chi connectivity index (χ1) is 18.0. The molecule has 7 nitrogen and oxygen atoms in total. The smallest absolute Gasteiger partial charge is 0.254 e. The zero-order valence-electron chi connectivity index (χ0n) is 21.0. The molecule has 3 unspecified atom stereocenters. The fourth-order valence-corrected chi connectivity index (χ4v) is 5.61. The van der Waals surface area contributed by atoms with Crippen LogP contribution in [-0.4, -0.2) is 90.6 Å². The molecule has 5 rings (SSSR count). The van der Waals surface area contributed by atoms with Crippen molar-refractivity contribution in [3.8, 4) is 0 Å². The molecule has 37 heavy (non-hydrogen) atoms. The van der Waals surface area contributed by atoms with Crippen molar-refractivity contribution >= 4 is 11.8 Å². The standard InChI is InChI=1S/C28H34F2N4O3/c29-22-7-3-20(4-8-22)17-33(19-25-2-1-15-37-25)24-16-26(28(36)32-13-11-31-12-14-32)34(18-24)27(35)21-5-9-23(30)10-6-21/h3-10,24-26,31H,1-2,11-19H2. The van der Waals surface area contributed by atoms with Crippen molar-refractivity contribution in [2.75, 3.05) is 45.9 Å². The Labute approximate surface area is 216 Å². The van der Waals surface area contributed by atoms with E-state index in [-0.39, 0.29) is 29.8 Å². The van der Waals surface area contributed by atoms with Crippen LogP contribution < -0.4 is 5.32 Å². The van der Waals surface area contributed by atoms with E-state index in [1.807, 2.05) is 4.90 Å². The quantitative estimate of drug-likeness (QED) is 0.618. The van der Waals surface area contributed by atoms with E-state index >= 15 is 0 Å². The molecule has 3 saturated heterocycles. The van der Waals surface area contributed by atoms with E-state index in [1.54, 1.807) is 17.0 Å². The lowest BCUT2D eigenvalue weighted by Gasteiger charge is -2.32. The van der Waals surface area contributed by atoms with Crippen LogP contribution in [0.5, 0.6) is 0 Å². The monoisotopic (exact) mass is 512 g/mol. The van der Waals surface area contributed by atoms with Gasteiger partial charge in [-0.05, 0) is 61.2 Å². The lowest BCUT2D eigenvalue weighted by atomic mass is 10.1. The first-order valence-electron chi connectivity index (χ1n) is 13.1. The van der Waals surface area contributed by atoms with Crippen LogP contribution >= 0.6 is 0 Å². The molecule has 0 saturated carbocycles. The molecule has 198 valence electrons. The Hall–Kier alpha value is -2.88. The summed E-state index contributed by atoms with van der Waals surface area (Å²) in [6.07, 6.45) is 2.57. The number of benzene rings is 2. The van der Waals surface area contributed by atoms with Crippen molar-refractivity contribution in [1.29, 1.82) is 0 Å². The Balaban J connectivity index is 1.40. The Bertz CT molecular complexity index is 1070. The van der Waals surface area contributed by atoms with Gasteiger partial charge in [0.2, 0.25) is 5.91 Å². The van der Waals surface area contributed by atoms with Gasteiger partial charge in [-0.25, -0.2) is 8.78 Å². The van der Waals surface area contributed by atoms with Crippen molar-refractivity contribution in [2.45, 2.75) is 44.0 Å². The van der Waals surface area contributed by atoms with Gasteiger partial charge in [-0.1, -0.05) is 12.1 Å². The third-order valence-corrected chi connectivity index (χ3v) is 7.62. The third-order valence-electron chi connectivity index (χ3n) is 7.62. The van der Waals surface area contributed by atoms with Crippen LogP contribution in [0.15, 0.2) is 48.5 Å². The second kappa shape index (κ2) is 11.7. The average molecular weight is 513 g/mol. The molecule has 2 amide bonds. The molecular weight excluding hydrogens is 478 g/mol. The minimum atomic E-state index is -0.596. The van der Waals surface area contributed by atoms with E-state index in [2.05, 4.69) is 10.2 Å². The zero-order chi connectivity index (χ0) is 25.8. The number of nitrogens with one attached hydrogen (secondary N) is 1. The summed E-state index contributed by atoms with van der Waals surface area (Å²) in [5.41, 5.74) is 1.33. The summed E-state index contributed by atoms with van der Waals surface area (Å²) in [7, 11) is 0. The number of hydrogen-bond acceptors (Lipinski definition) is 5. The van der Waals surface area contributed by atoms with E-state index < -0.39 is 11.9 Å². The highest BCUT2D eigenvalue weighted by Gasteiger charge is 2.44. The van der Waals surface area contributed by atoms with Gasteiger partial charge < -0.3 is 19.9 Å². The first kappa shape index (κ1) is 25.8. The fraction of sp³-hybridized carbons (Fsp3) is 0.500. The minimum absolute atomic E-state index is 0.0432. The molecule has 3 aliphatic rings. The van der Waals surface area contributed by atoms with Crippen LogP contribution in [0.4, 0.5) is 8.78 Å². The maximum atomic E-state index is 13.7. The van der Waals surface area contributed by atoms with Gasteiger partial charge in [0.1, 0.15) is 17.7 Å². The van der Waals surface area contributed by atoms with Crippen molar-refractivity contribution in [3.63, 3.8) is 0 Å². The number of piperazine rings is 1. The highest BCUT2D eigenvalue weighted by molar-refractivity contribution is 5.98. The lowest BCUT2D eigenvalue weighted by Crippen LogP contribution is -2.53. The minimum Gasteiger partial charge on any atom is -0.377 e. The number of carbonyl (C=O) groups is 2. The molecule has 3 heterocycles. The molecule has 2 aromatic carbocycles. The number of rotatable bonds is 7. The Morgan fingerprint density at radius 1 is 1.00 bits per heavy atom. The van der Waals surface area contributed by atoms with Crippen LogP contribution in [0.2, 0.25) is 0 Å². The van der Waals surface area contributed by atoms with Crippen LogP contribution in [0, 0.1) is 11.6 Å². The highest BCUT2D eigenvalue weighted by Crippen LogP contribution is 2.29. The maximum absolute atomic E-state index is 13.7. The Morgan fingerprint density at radius 3 is 2.32 bits per heavy atom. The summed E-state index contributed by atoms with van der Waals surface area (Å²) in [5, 5.41) is 3.27. The van der Waals surface area contributed by atoms with E-state index in [0.29, 0.717) is 44.7 Å². The third kappa shape index (κ3) is 6.17. The first-order valence-corrected chi connectivity index (χ1v) is 13.1. The molecule has 0 spiro atoms. The number of ether oxygens (including phenoxy) is 1. The number of hydrogen-bond donors (Lipinski definition) is 1. The molecule has 0 radical (unpaired) electrons. The number of nitrogens with zero attached hydrogens (tertiary/aromatic N) is 3. The zero-order valence-corrected chi connectivity index (χ0v) is 21.0. The van der Waals surface area contributed by atoms with Gasteiger partial charge in [0, 0.05) is 64.0 Å². The number of halogens is 2. The molecular formula is C28H34F2N4O3. The van der Waals surface area contributed by atoms with E-state index in [9.17, 15) is 18.4 Å². The predicted molar refractivity (Wildman–Crippen MR) is 135 cm³/mol. The van der Waals surface area contributed by atoms with Crippen LogP contribution in [-0.2, 0) is 16.1 Å². The average Bonchev–Trinajstić information content (AvgIpc) is 3.60. The van der Waals surface area contributed by atoms with Gasteiger partial charge in [0.15, 0.2) is 0 Å². The second-order valence-corrected chi connectivity index (χ2v) is 10.1. The summed E-state index contributed by atoms with van der Waals surface area (Å²) >= 11 is 0. The summed E-state index contributed by atoms with van der Waals surface area (Å²) in [6, 6.07) is 11.3. The molecule has 0 aromatic heterocycles. The van der Waals surface area contributed by atoms with Gasteiger partial charge >= 0.3 is 0 Å². The SMILES string of the molecule is O=C(C1CC(N(Cc2ccc(F)cc2)CC2CCCO2)CN1C(=O)c1ccc(F)cc1)N1CCNCC1. The summed E-state index contributed by atoms with van der Waals surface area (Å²) in [5.74, 6) is -1.01. The van der Waals surface area contributed by atoms with E-state index in [1.165, 1.54) is 36.4 Å². The normalized spacial score (nSPS) is 24.1. The predicted octanol–water partition coefficient (Wildman–Crippen LogP) is 2.66. The molecule has 9 heteroatoms. The number of amides is 2. The van der Waals surface area contributed by atoms with Gasteiger partial charge in [-0.3, -0.25) is 14.5 Å². The summed E-state index contributed by atoms with van der Waals surface area (Å²) < 4.78 is 33.0. The van der Waals surface area contributed by atoms with Crippen molar-refractivity contribution < 1.29 is 23.1 Å². The van der Waals surface area contributed by atoms with Crippen molar-refractivity contribution in [2.24, 2.45) is 0 Å². The molecule has 3 aliphatic heterocycles. The van der Waals surface area contributed by atoms with Crippen LogP contribution in [0.3, 0.4) is 0 Å². The maximum Gasteiger partial charge on any atom is 0.254 e. The number of likely N-dealkylation sites (tertiary alicyclic amines) is 1. The Kier molecular flexibility index (Phi) is 8.12. The van der Waals surface area contributed by atoms with Gasteiger partial charge in [0.25, 0.3) is 5.91 Å². The van der Waals surface area contributed by atoms with Gasteiger partial charge in [-0.2, -0.15) is 0 Å². The number of carbonyl (C=O) groups excluding carboxylic acids is 2. The summed E-state index contributed by atoms with van der Waals surface area (Å²) in [6.45, 7) is 5.02. The van der Waals surface area contributed by atoms with Gasteiger partial charge in [-0.15, -0.1) is 0 Å². The van der Waals surface area contributed by atoms with Gasteiger partial charge in [0.05, 0.1) is 6.10 Å². The largest absolute Gasteiger partial charge is 0.377 e. The highest BCUT2D eigenvalue weighted by atomic mass is 19.1. The molecule has 0 aliphatic carbocycles. The molecule has 3 fully saturated rings. The van der Waals surface area contributed by atoms with E-state index in [0.717, 1.165) is 38.1 Å². The van der Waals surface area contributed by atoms with Crippen LogP contribution in [0.1, 0.15) is 35.2 Å². The van der Waals surface area contributed by atoms with Crippen molar-refractivity contribution in [1.82, 2.24) is 20.0 Å². The van der Waals surface area contributed by atoms with Crippen molar-refractivity contribution in [3.05, 3.63) is 71.3 Å². The molecule has 0 bridgehead atoms. The lowest BCUT2D eigenvalue weighted by molar-refractivity contribution is -0.135. The summed E-state index contributed by atoms with van der Waals surface area (Å²) in [4.78, 5) is 33.0. The molecule has 3 atom stereocenters. The molecule has 2 aromatic rings. The fourth-order valence-electron chi connectivity index (χ4n) is 5.61. The van der Waals surface area contributed by atoms with E-state index in [4.69, 9.17) is 4.74 Å². The van der Waals surface area contributed by atoms with Crippen LogP contribution in [0.25, 0.3) is 0 Å².